The molecule has 0 aliphatic rings. The lowest BCUT2D eigenvalue weighted by Gasteiger charge is -2.02. The van der Waals surface area contributed by atoms with Crippen LogP contribution in [0.2, 0.25) is 10.0 Å². The van der Waals surface area contributed by atoms with E-state index in [1.165, 1.54) is 6.08 Å². The zero-order valence-corrected chi connectivity index (χ0v) is 12.2. The molecule has 1 amide bonds. The van der Waals surface area contributed by atoms with Gasteiger partial charge in [-0.1, -0.05) is 29.3 Å². The zero-order valence-electron chi connectivity index (χ0n) is 10.7. The average molecular weight is 316 g/mol. The normalized spacial score (nSPS) is 10.7. The van der Waals surface area contributed by atoms with Gasteiger partial charge >= 0.3 is 5.97 Å². The van der Waals surface area contributed by atoms with Crippen LogP contribution in [0.15, 0.2) is 24.3 Å². The molecular formula is C14H15Cl2NO3. The monoisotopic (exact) mass is 315 g/mol. The molecule has 0 aliphatic heterocycles. The van der Waals surface area contributed by atoms with Gasteiger partial charge in [-0.15, -0.1) is 0 Å². The van der Waals surface area contributed by atoms with E-state index in [0.717, 1.165) is 0 Å². The number of benzene rings is 1. The number of nitrogens with one attached hydrogen (secondary N) is 1. The quantitative estimate of drug-likeness (QED) is 0.598. The van der Waals surface area contributed by atoms with Crippen molar-refractivity contribution in [3.63, 3.8) is 0 Å². The first kappa shape index (κ1) is 16.5. The van der Waals surface area contributed by atoms with Gasteiger partial charge in [-0.25, -0.2) is 0 Å². The van der Waals surface area contributed by atoms with Gasteiger partial charge in [0, 0.05) is 34.7 Å². The molecule has 1 rings (SSSR count). The lowest BCUT2D eigenvalue weighted by molar-refractivity contribution is -0.137. The van der Waals surface area contributed by atoms with Gasteiger partial charge < -0.3 is 10.4 Å². The fourth-order valence-corrected chi connectivity index (χ4v) is 2.02. The molecule has 0 saturated carbocycles. The molecule has 0 spiro atoms. The summed E-state index contributed by atoms with van der Waals surface area (Å²) >= 11 is 11.9. The summed E-state index contributed by atoms with van der Waals surface area (Å²) in [5, 5.41) is 12.1. The minimum absolute atomic E-state index is 0.112. The second kappa shape index (κ2) is 8.61. The molecule has 0 aliphatic carbocycles. The lowest BCUT2D eigenvalue weighted by Crippen LogP contribution is -2.22. The summed E-state index contributed by atoms with van der Waals surface area (Å²) in [5.41, 5.74) is 0.594. The Balaban J connectivity index is 2.38. The summed E-state index contributed by atoms with van der Waals surface area (Å²) in [6.45, 7) is 0.437. The molecule has 108 valence electrons. The van der Waals surface area contributed by atoms with Crippen LogP contribution < -0.4 is 5.32 Å². The Morgan fingerprint density at radius 3 is 2.45 bits per heavy atom. The Kier molecular flexibility index (Phi) is 7.12. The number of carbonyl (C=O) groups is 2. The topological polar surface area (TPSA) is 66.4 Å². The van der Waals surface area contributed by atoms with E-state index in [1.807, 2.05) is 0 Å². The molecule has 0 saturated heterocycles. The third-order valence-electron chi connectivity index (χ3n) is 2.52. The molecule has 2 N–H and O–H groups in total. The Labute approximate surface area is 127 Å². The van der Waals surface area contributed by atoms with Crippen molar-refractivity contribution in [2.75, 3.05) is 6.54 Å². The van der Waals surface area contributed by atoms with Gasteiger partial charge in [0.1, 0.15) is 0 Å². The molecule has 1 aromatic carbocycles. The summed E-state index contributed by atoms with van der Waals surface area (Å²) in [6.07, 6.45) is 4.18. The highest BCUT2D eigenvalue weighted by atomic mass is 35.5. The summed E-state index contributed by atoms with van der Waals surface area (Å²) in [6, 6.07) is 5.11. The second-order valence-corrected chi connectivity index (χ2v) is 4.92. The molecule has 0 radical (unpaired) electrons. The van der Waals surface area contributed by atoms with Crippen molar-refractivity contribution in [1.29, 1.82) is 0 Å². The standard InChI is InChI=1S/C14H15Cl2NO3/c15-11-4-3-5-12(16)10(11)7-8-13(18)17-9-2-1-6-14(19)20/h3-5,7-8H,1-2,6,9H2,(H,17,18)(H,19,20). The molecule has 0 heterocycles. The van der Waals surface area contributed by atoms with E-state index < -0.39 is 5.97 Å². The van der Waals surface area contributed by atoms with Crippen molar-refractivity contribution in [2.45, 2.75) is 19.3 Å². The van der Waals surface area contributed by atoms with E-state index in [-0.39, 0.29) is 12.3 Å². The van der Waals surface area contributed by atoms with Crippen molar-refractivity contribution in [3.8, 4) is 0 Å². The highest BCUT2D eigenvalue weighted by Gasteiger charge is 2.02. The van der Waals surface area contributed by atoms with Crippen molar-refractivity contribution in [3.05, 3.63) is 39.9 Å². The molecule has 0 fully saturated rings. The number of amides is 1. The average Bonchev–Trinajstić information content (AvgIpc) is 2.37. The second-order valence-electron chi connectivity index (χ2n) is 4.11. The first-order valence-corrected chi connectivity index (χ1v) is 6.88. The molecular weight excluding hydrogens is 301 g/mol. The number of aliphatic carboxylic acids is 1. The minimum Gasteiger partial charge on any atom is -0.481 e. The number of unbranched alkanes of at least 4 members (excludes halogenated alkanes) is 1. The third kappa shape index (κ3) is 6.08. The Bertz CT molecular complexity index is 495. The lowest BCUT2D eigenvalue weighted by atomic mass is 10.2. The molecule has 0 atom stereocenters. The fraction of sp³-hybridized carbons (Fsp3) is 0.286. The largest absolute Gasteiger partial charge is 0.481 e. The van der Waals surface area contributed by atoms with E-state index in [9.17, 15) is 9.59 Å². The molecule has 20 heavy (non-hydrogen) atoms. The minimum atomic E-state index is -0.829. The maximum Gasteiger partial charge on any atom is 0.303 e. The number of carbonyl (C=O) groups excluding carboxylic acids is 1. The fourth-order valence-electron chi connectivity index (χ4n) is 1.50. The van der Waals surface area contributed by atoms with Crippen LogP contribution >= 0.6 is 23.2 Å². The van der Waals surface area contributed by atoms with Crippen LogP contribution in [0.5, 0.6) is 0 Å². The van der Waals surface area contributed by atoms with Crippen molar-refractivity contribution < 1.29 is 14.7 Å². The smallest absolute Gasteiger partial charge is 0.303 e. The number of hydrogen-bond acceptors (Lipinski definition) is 2. The summed E-state index contributed by atoms with van der Waals surface area (Å²) < 4.78 is 0. The number of hydrogen-bond donors (Lipinski definition) is 2. The first-order valence-electron chi connectivity index (χ1n) is 6.12. The molecule has 0 bridgehead atoms. The Morgan fingerprint density at radius 2 is 1.85 bits per heavy atom. The van der Waals surface area contributed by atoms with Crippen LogP contribution in [-0.4, -0.2) is 23.5 Å². The Morgan fingerprint density at radius 1 is 1.20 bits per heavy atom. The van der Waals surface area contributed by atoms with Crippen LogP contribution in [0, 0.1) is 0 Å². The number of rotatable bonds is 7. The maximum atomic E-state index is 11.5. The molecule has 1 aromatic rings. The third-order valence-corrected chi connectivity index (χ3v) is 3.18. The van der Waals surface area contributed by atoms with Gasteiger partial charge in [-0.05, 0) is 31.1 Å². The van der Waals surface area contributed by atoms with Gasteiger partial charge in [0.2, 0.25) is 5.91 Å². The zero-order chi connectivity index (χ0) is 15.0. The predicted octanol–water partition coefficient (Wildman–Crippen LogP) is 3.38. The van der Waals surface area contributed by atoms with E-state index in [2.05, 4.69) is 5.32 Å². The molecule has 4 nitrogen and oxygen atoms in total. The van der Waals surface area contributed by atoms with Crippen LogP contribution in [0.4, 0.5) is 0 Å². The van der Waals surface area contributed by atoms with Crippen molar-refractivity contribution in [1.82, 2.24) is 5.32 Å². The number of carboxylic acids is 1. The van der Waals surface area contributed by atoms with Crippen LogP contribution in [0.1, 0.15) is 24.8 Å². The maximum absolute atomic E-state index is 11.5. The van der Waals surface area contributed by atoms with Gasteiger partial charge in [0.05, 0.1) is 0 Å². The van der Waals surface area contributed by atoms with E-state index >= 15 is 0 Å². The van der Waals surface area contributed by atoms with Crippen molar-refractivity contribution >= 4 is 41.2 Å². The van der Waals surface area contributed by atoms with E-state index in [0.29, 0.717) is 35.0 Å². The summed E-state index contributed by atoms with van der Waals surface area (Å²) in [4.78, 5) is 21.8. The SMILES string of the molecule is O=C(O)CCCCNC(=O)C=Cc1c(Cl)cccc1Cl. The van der Waals surface area contributed by atoms with E-state index in [4.69, 9.17) is 28.3 Å². The van der Waals surface area contributed by atoms with Crippen molar-refractivity contribution in [2.24, 2.45) is 0 Å². The molecule has 6 heteroatoms. The predicted molar refractivity (Wildman–Crippen MR) is 80.0 cm³/mol. The number of halogens is 2. The van der Waals surface area contributed by atoms with Gasteiger partial charge in [0.15, 0.2) is 0 Å². The van der Waals surface area contributed by atoms with Gasteiger partial charge in [0.25, 0.3) is 0 Å². The number of carboxylic acid groups (broad SMARTS) is 1. The van der Waals surface area contributed by atoms with Gasteiger partial charge in [-0.3, -0.25) is 9.59 Å². The molecule has 0 unspecified atom stereocenters. The van der Waals surface area contributed by atoms with Crippen LogP contribution in [0.3, 0.4) is 0 Å². The highest BCUT2D eigenvalue weighted by molar-refractivity contribution is 6.37. The van der Waals surface area contributed by atoms with E-state index in [1.54, 1.807) is 24.3 Å². The summed E-state index contributed by atoms with van der Waals surface area (Å²) in [5.74, 6) is -1.10. The Hall–Kier alpha value is -1.52. The molecule has 0 aromatic heterocycles. The van der Waals surface area contributed by atoms with Crippen LogP contribution in [0.25, 0.3) is 6.08 Å². The van der Waals surface area contributed by atoms with Crippen LogP contribution in [-0.2, 0) is 9.59 Å². The first-order chi connectivity index (χ1) is 9.50. The summed E-state index contributed by atoms with van der Waals surface area (Å²) in [7, 11) is 0. The highest BCUT2D eigenvalue weighted by Crippen LogP contribution is 2.25. The van der Waals surface area contributed by atoms with Gasteiger partial charge in [-0.2, -0.15) is 0 Å².